The van der Waals surface area contributed by atoms with Crippen LogP contribution in [-0.4, -0.2) is 36.7 Å². The van der Waals surface area contributed by atoms with Crippen LogP contribution in [0.25, 0.3) is 6.08 Å². The molecule has 4 rings (SSSR count). The summed E-state index contributed by atoms with van der Waals surface area (Å²) in [6.45, 7) is 4.25. The molecular weight excluding hydrogens is 512 g/mol. The Bertz CT molecular complexity index is 1660. The number of benzene rings is 2. The first kappa shape index (κ1) is 26.6. The Balaban J connectivity index is 1.92. The van der Waals surface area contributed by atoms with Crippen molar-refractivity contribution >= 4 is 35.3 Å². The first-order valence-electron chi connectivity index (χ1n) is 11.4. The number of fused-ring (bicyclic) bond motifs is 1. The molecule has 0 saturated carbocycles. The molecule has 38 heavy (non-hydrogen) atoms. The standard InChI is InChI=1S/C27H24N2O8S/c1-14-23(26(33)35-5)24(18-9-10-20(37-16(3)31)21(13-18)34-4)29-25(32)22(38-27(29)28-14)12-17-7-6-8-19(11-17)36-15(2)30/h6-13,24H,1-5H3/b22-12+/t24-/m0/s1. The number of carbonyl (C=O) groups excluding carboxylic acids is 3. The van der Waals surface area contributed by atoms with Crippen LogP contribution < -0.4 is 29.1 Å². The Morgan fingerprint density at radius 3 is 2.39 bits per heavy atom. The molecule has 1 aliphatic rings. The Kier molecular flexibility index (Phi) is 7.58. The highest BCUT2D eigenvalue weighted by Crippen LogP contribution is 2.36. The van der Waals surface area contributed by atoms with E-state index in [1.165, 1.54) is 38.7 Å². The summed E-state index contributed by atoms with van der Waals surface area (Å²) in [7, 11) is 2.68. The fourth-order valence-corrected chi connectivity index (χ4v) is 5.13. The molecule has 1 aromatic heterocycles. The van der Waals surface area contributed by atoms with Crippen LogP contribution >= 0.6 is 11.3 Å². The molecule has 0 spiro atoms. The average molecular weight is 537 g/mol. The third-order valence-electron chi connectivity index (χ3n) is 5.60. The molecule has 11 heteroatoms. The minimum Gasteiger partial charge on any atom is -0.493 e. The maximum Gasteiger partial charge on any atom is 0.338 e. The van der Waals surface area contributed by atoms with E-state index in [0.29, 0.717) is 31.9 Å². The molecule has 0 bridgehead atoms. The van der Waals surface area contributed by atoms with Crippen LogP contribution in [0.1, 0.15) is 37.9 Å². The fraction of sp³-hybridized carbons (Fsp3) is 0.222. The van der Waals surface area contributed by atoms with Crippen molar-refractivity contribution in [2.45, 2.75) is 26.8 Å². The van der Waals surface area contributed by atoms with E-state index in [4.69, 9.17) is 18.9 Å². The van der Waals surface area contributed by atoms with Gasteiger partial charge in [-0.1, -0.05) is 29.5 Å². The molecule has 3 aromatic rings. The van der Waals surface area contributed by atoms with Gasteiger partial charge in [-0.05, 0) is 48.4 Å². The second-order valence-electron chi connectivity index (χ2n) is 8.24. The van der Waals surface area contributed by atoms with E-state index >= 15 is 0 Å². The predicted octanol–water partition coefficient (Wildman–Crippen LogP) is 2.27. The zero-order chi connectivity index (χ0) is 27.6. The van der Waals surface area contributed by atoms with Crippen molar-refractivity contribution in [1.29, 1.82) is 0 Å². The van der Waals surface area contributed by atoms with Crippen molar-refractivity contribution in [2.24, 2.45) is 4.99 Å². The second-order valence-corrected chi connectivity index (χ2v) is 9.25. The number of rotatable bonds is 6. The number of ether oxygens (including phenoxy) is 4. The number of nitrogens with zero attached hydrogens (tertiary/aromatic N) is 2. The van der Waals surface area contributed by atoms with Gasteiger partial charge in [0, 0.05) is 13.8 Å². The molecule has 2 aromatic carbocycles. The van der Waals surface area contributed by atoms with Gasteiger partial charge in [-0.15, -0.1) is 0 Å². The average Bonchev–Trinajstić information content (AvgIpc) is 3.16. The highest BCUT2D eigenvalue weighted by molar-refractivity contribution is 7.07. The van der Waals surface area contributed by atoms with Gasteiger partial charge in [0.15, 0.2) is 16.3 Å². The number of carbonyl (C=O) groups is 3. The summed E-state index contributed by atoms with van der Waals surface area (Å²) < 4.78 is 22.6. The van der Waals surface area contributed by atoms with Crippen LogP contribution in [0.15, 0.2) is 63.5 Å². The Morgan fingerprint density at radius 2 is 1.74 bits per heavy atom. The second kappa shape index (κ2) is 10.9. The number of thiazole rings is 1. The molecule has 196 valence electrons. The van der Waals surface area contributed by atoms with Gasteiger partial charge in [0.1, 0.15) is 5.75 Å². The summed E-state index contributed by atoms with van der Waals surface area (Å²) in [6, 6.07) is 10.7. The highest BCUT2D eigenvalue weighted by Gasteiger charge is 2.33. The summed E-state index contributed by atoms with van der Waals surface area (Å²) in [4.78, 5) is 54.3. The van der Waals surface area contributed by atoms with Crippen molar-refractivity contribution in [3.8, 4) is 17.2 Å². The third-order valence-corrected chi connectivity index (χ3v) is 6.58. The lowest BCUT2D eigenvalue weighted by Gasteiger charge is -2.25. The van der Waals surface area contributed by atoms with Crippen molar-refractivity contribution in [3.63, 3.8) is 0 Å². The SMILES string of the molecule is COC(=O)C1=C(C)N=c2s/c(=C/c3cccc(OC(C)=O)c3)c(=O)n2[C@H]1c1ccc(OC(C)=O)c(OC)c1. The van der Waals surface area contributed by atoms with E-state index in [9.17, 15) is 19.2 Å². The highest BCUT2D eigenvalue weighted by atomic mass is 32.1. The van der Waals surface area contributed by atoms with Crippen molar-refractivity contribution in [3.05, 3.63) is 84.5 Å². The minimum atomic E-state index is -0.881. The van der Waals surface area contributed by atoms with E-state index in [2.05, 4.69) is 4.99 Å². The fourth-order valence-electron chi connectivity index (χ4n) is 4.09. The lowest BCUT2D eigenvalue weighted by molar-refractivity contribution is -0.136. The molecule has 2 heterocycles. The monoisotopic (exact) mass is 536 g/mol. The summed E-state index contributed by atoms with van der Waals surface area (Å²) in [5, 5.41) is 0. The summed E-state index contributed by atoms with van der Waals surface area (Å²) in [5.41, 5.74) is 1.37. The summed E-state index contributed by atoms with van der Waals surface area (Å²) in [6.07, 6.45) is 1.66. The van der Waals surface area contributed by atoms with Gasteiger partial charge in [-0.25, -0.2) is 9.79 Å². The zero-order valence-electron chi connectivity index (χ0n) is 21.3. The van der Waals surface area contributed by atoms with Gasteiger partial charge in [-0.2, -0.15) is 0 Å². The number of allylic oxidation sites excluding steroid dienone is 1. The molecule has 0 unspecified atom stereocenters. The topological polar surface area (TPSA) is 122 Å². The third kappa shape index (κ3) is 5.28. The number of hydrogen-bond donors (Lipinski definition) is 0. The normalized spacial score (nSPS) is 14.9. The van der Waals surface area contributed by atoms with Gasteiger partial charge in [0.05, 0.1) is 36.1 Å². The molecule has 1 atom stereocenters. The van der Waals surface area contributed by atoms with Crippen LogP contribution in [0.5, 0.6) is 17.2 Å². The smallest absolute Gasteiger partial charge is 0.338 e. The molecule has 0 N–H and O–H groups in total. The van der Waals surface area contributed by atoms with Crippen LogP contribution in [-0.2, 0) is 19.1 Å². The van der Waals surface area contributed by atoms with Crippen LogP contribution in [0, 0.1) is 0 Å². The molecule has 0 amide bonds. The van der Waals surface area contributed by atoms with Gasteiger partial charge < -0.3 is 18.9 Å². The molecule has 0 saturated heterocycles. The van der Waals surface area contributed by atoms with Crippen LogP contribution in [0.2, 0.25) is 0 Å². The number of aromatic nitrogens is 1. The maximum atomic E-state index is 13.7. The summed E-state index contributed by atoms with van der Waals surface area (Å²) in [5.74, 6) is -0.816. The lowest BCUT2D eigenvalue weighted by Crippen LogP contribution is -2.39. The van der Waals surface area contributed by atoms with E-state index in [1.807, 2.05) is 0 Å². The van der Waals surface area contributed by atoms with E-state index in [-0.39, 0.29) is 22.6 Å². The Morgan fingerprint density at radius 1 is 1.00 bits per heavy atom. The largest absolute Gasteiger partial charge is 0.493 e. The molecule has 10 nitrogen and oxygen atoms in total. The zero-order valence-corrected chi connectivity index (χ0v) is 22.1. The quantitative estimate of drug-likeness (QED) is 0.347. The van der Waals surface area contributed by atoms with E-state index in [0.717, 1.165) is 11.3 Å². The number of methoxy groups -OCH3 is 2. The van der Waals surface area contributed by atoms with E-state index in [1.54, 1.807) is 49.4 Å². The maximum absolute atomic E-state index is 13.7. The van der Waals surface area contributed by atoms with E-state index < -0.39 is 23.9 Å². The summed E-state index contributed by atoms with van der Waals surface area (Å²) >= 11 is 1.16. The molecule has 1 aliphatic heterocycles. The van der Waals surface area contributed by atoms with Crippen LogP contribution in [0.3, 0.4) is 0 Å². The Labute approximate surface area is 221 Å². The lowest BCUT2D eigenvalue weighted by atomic mass is 9.95. The van der Waals surface area contributed by atoms with Crippen molar-refractivity contribution < 1.29 is 33.3 Å². The number of hydrogen-bond acceptors (Lipinski definition) is 10. The van der Waals surface area contributed by atoms with Gasteiger partial charge >= 0.3 is 17.9 Å². The van der Waals surface area contributed by atoms with Gasteiger partial charge in [0.2, 0.25) is 0 Å². The predicted molar refractivity (Wildman–Crippen MR) is 138 cm³/mol. The molecule has 0 radical (unpaired) electrons. The molecule has 0 fully saturated rings. The van der Waals surface area contributed by atoms with Gasteiger partial charge in [0.25, 0.3) is 5.56 Å². The minimum absolute atomic E-state index is 0.186. The van der Waals surface area contributed by atoms with Crippen LogP contribution in [0.4, 0.5) is 0 Å². The first-order valence-corrected chi connectivity index (χ1v) is 12.2. The van der Waals surface area contributed by atoms with Gasteiger partial charge in [-0.3, -0.25) is 19.0 Å². The molecule has 0 aliphatic carbocycles. The Hall–Kier alpha value is -4.51. The van der Waals surface area contributed by atoms with Crippen molar-refractivity contribution in [2.75, 3.05) is 14.2 Å². The first-order chi connectivity index (χ1) is 18.1. The number of esters is 3. The molecular formula is C27H24N2O8S. The van der Waals surface area contributed by atoms with Crippen molar-refractivity contribution in [1.82, 2.24) is 4.57 Å².